The number of methoxy groups -OCH3 is 1. The Labute approximate surface area is 120 Å². The number of aromatic nitrogens is 1. The minimum Gasteiger partial charge on any atom is -0.481 e. The molecule has 20 heavy (non-hydrogen) atoms. The number of rotatable bonds is 3. The van der Waals surface area contributed by atoms with Gasteiger partial charge < -0.3 is 19.2 Å². The van der Waals surface area contributed by atoms with Crippen LogP contribution in [-0.2, 0) is 9.31 Å². The second-order valence-corrected chi connectivity index (χ2v) is 6.13. The predicted octanol–water partition coefficient (Wildman–Crippen LogP) is 1.44. The van der Waals surface area contributed by atoms with Gasteiger partial charge in [-0.3, -0.25) is 0 Å². The van der Waals surface area contributed by atoms with Crippen LogP contribution >= 0.6 is 0 Å². The van der Waals surface area contributed by atoms with Gasteiger partial charge >= 0.3 is 7.12 Å². The summed E-state index contributed by atoms with van der Waals surface area (Å²) in [5.41, 5.74) is 0.602. The highest BCUT2D eigenvalue weighted by molar-refractivity contribution is 6.62. The maximum atomic E-state index is 9.81. The van der Waals surface area contributed by atoms with Crippen molar-refractivity contribution in [3.8, 4) is 5.88 Å². The van der Waals surface area contributed by atoms with Crippen LogP contribution in [-0.4, -0.2) is 35.5 Å². The fourth-order valence-corrected chi connectivity index (χ4v) is 2.06. The van der Waals surface area contributed by atoms with Crippen LogP contribution in [0.4, 0.5) is 0 Å². The van der Waals surface area contributed by atoms with E-state index in [1.54, 1.807) is 13.1 Å². The number of hydrogen-bond acceptors (Lipinski definition) is 5. The van der Waals surface area contributed by atoms with E-state index < -0.39 is 24.4 Å². The van der Waals surface area contributed by atoms with E-state index in [9.17, 15) is 5.11 Å². The molecule has 0 amide bonds. The number of ether oxygens (including phenoxy) is 1. The topological polar surface area (TPSA) is 60.8 Å². The van der Waals surface area contributed by atoms with E-state index in [1.165, 1.54) is 7.11 Å². The molecule has 0 aliphatic carbocycles. The lowest BCUT2D eigenvalue weighted by molar-refractivity contribution is 0.00578. The second kappa shape index (κ2) is 5.02. The van der Waals surface area contributed by atoms with Crippen LogP contribution in [0, 0.1) is 0 Å². The molecule has 1 saturated heterocycles. The van der Waals surface area contributed by atoms with Crippen LogP contribution in [0.15, 0.2) is 12.3 Å². The molecule has 0 radical (unpaired) electrons. The lowest BCUT2D eigenvalue weighted by atomic mass is 9.79. The van der Waals surface area contributed by atoms with Crippen molar-refractivity contribution >= 4 is 12.6 Å². The van der Waals surface area contributed by atoms with Gasteiger partial charge in [-0.2, -0.15) is 0 Å². The second-order valence-electron chi connectivity index (χ2n) is 6.13. The molecule has 0 bridgehead atoms. The molecule has 110 valence electrons. The first kappa shape index (κ1) is 15.3. The predicted molar refractivity (Wildman–Crippen MR) is 77.1 cm³/mol. The maximum absolute atomic E-state index is 9.81. The zero-order chi connectivity index (χ0) is 15.1. The third kappa shape index (κ3) is 2.55. The van der Waals surface area contributed by atoms with Gasteiger partial charge in [-0.1, -0.05) is 0 Å². The quantitative estimate of drug-likeness (QED) is 0.848. The molecule has 1 aliphatic heterocycles. The molecule has 0 aromatic carbocycles. The third-order valence-corrected chi connectivity index (χ3v) is 4.07. The summed E-state index contributed by atoms with van der Waals surface area (Å²) in [4.78, 5) is 4.22. The molecular weight excluding hydrogens is 257 g/mol. The summed E-state index contributed by atoms with van der Waals surface area (Å²) in [5, 5.41) is 9.81. The molecular formula is C14H22BNO4. The number of nitrogens with zero attached hydrogens (tertiary/aromatic N) is 1. The van der Waals surface area contributed by atoms with E-state index in [0.717, 1.165) is 5.46 Å². The molecule has 0 saturated carbocycles. The zero-order valence-electron chi connectivity index (χ0n) is 12.9. The fraction of sp³-hybridized carbons (Fsp3) is 0.643. The Morgan fingerprint density at radius 3 is 2.25 bits per heavy atom. The molecule has 1 atom stereocenters. The van der Waals surface area contributed by atoms with Crippen molar-refractivity contribution in [2.45, 2.75) is 51.9 Å². The van der Waals surface area contributed by atoms with E-state index in [0.29, 0.717) is 11.4 Å². The van der Waals surface area contributed by atoms with Crippen molar-refractivity contribution in [3.63, 3.8) is 0 Å². The summed E-state index contributed by atoms with van der Waals surface area (Å²) in [6.07, 6.45) is 0.993. The molecule has 1 aliphatic rings. The molecule has 1 aromatic rings. The lowest BCUT2D eigenvalue weighted by Gasteiger charge is -2.32. The normalized spacial score (nSPS) is 21.9. The van der Waals surface area contributed by atoms with Crippen molar-refractivity contribution in [2.24, 2.45) is 0 Å². The molecule has 2 heterocycles. The number of hydrogen-bond donors (Lipinski definition) is 1. The van der Waals surface area contributed by atoms with E-state index in [1.807, 2.05) is 33.8 Å². The Balaban J connectivity index is 2.34. The van der Waals surface area contributed by atoms with Crippen LogP contribution in [0.3, 0.4) is 0 Å². The van der Waals surface area contributed by atoms with Crippen LogP contribution in [0.5, 0.6) is 5.88 Å². The summed E-state index contributed by atoms with van der Waals surface area (Å²) in [7, 11) is 1.04. The molecule has 5 nitrogen and oxygen atoms in total. The largest absolute Gasteiger partial charge is 0.496 e. The van der Waals surface area contributed by atoms with Crippen molar-refractivity contribution in [2.75, 3.05) is 7.11 Å². The van der Waals surface area contributed by atoms with Gasteiger partial charge in [0.2, 0.25) is 5.88 Å². The Morgan fingerprint density at radius 2 is 1.80 bits per heavy atom. The summed E-state index contributed by atoms with van der Waals surface area (Å²) >= 11 is 0. The van der Waals surface area contributed by atoms with Gasteiger partial charge in [0, 0.05) is 17.2 Å². The van der Waals surface area contributed by atoms with Gasteiger partial charge in [-0.05, 0) is 40.7 Å². The smallest absolute Gasteiger partial charge is 0.481 e. The SMILES string of the molecule is COc1ncc(B2OC(C)(C)C(C)(C)O2)cc1C(C)O. The molecule has 1 unspecified atom stereocenters. The Morgan fingerprint density at radius 1 is 1.25 bits per heavy atom. The Bertz CT molecular complexity index is 486. The van der Waals surface area contributed by atoms with E-state index in [2.05, 4.69) is 4.98 Å². The summed E-state index contributed by atoms with van der Waals surface area (Å²) in [5.74, 6) is 0.417. The molecule has 1 N–H and O–H groups in total. The van der Waals surface area contributed by atoms with Crippen LogP contribution < -0.4 is 10.2 Å². The first-order chi connectivity index (χ1) is 9.18. The highest BCUT2D eigenvalue weighted by Gasteiger charge is 2.51. The van der Waals surface area contributed by atoms with Crippen molar-refractivity contribution < 1.29 is 19.2 Å². The van der Waals surface area contributed by atoms with Gasteiger partial charge in [0.15, 0.2) is 0 Å². The number of aliphatic hydroxyl groups excluding tert-OH is 1. The van der Waals surface area contributed by atoms with Gasteiger partial charge in [0.05, 0.1) is 24.4 Å². The van der Waals surface area contributed by atoms with Gasteiger partial charge in [0.25, 0.3) is 0 Å². The van der Waals surface area contributed by atoms with Crippen LogP contribution in [0.25, 0.3) is 0 Å². The van der Waals surface area contributed by atoms with E-state index in [-0.39, 0.29) is 0 Å². The zero-order valence-corrected chi connectivity index (χ0v) is 12.9. The first-order valence-corrected chi connectivity index (χ1v) is 6.75. The highest BCUT2D eigenvalue weighted by Crippen LogP contribution is 2.36. The summed E-state index contributed by atoms with van der Waals surface area (Å²) < 4.78 is 17.1. The molecule has 2 rings (SSSR count). The first-order valence-electron chi connectivity index (χ1n) is 6.75. The number of aliphatic hydroxyl groups is 1. The number of pyridine rings is 1. The molecule has 1 aromatic heterocycles. The van der Waals surface area contributed by atoms with Gasteiger partial charge in [-0.15, -0.1) is 0 Å². The minimum absolute atomic E-state index is 0.400. The summed E-state index contributed by atoms with van der Waals surface area (Å²) in [6.45, 7) is 9.67. The Kier molecular flexibility index (Phi) is 3.84. The molecule has 1 fully saturated rings. The van der Waals surface area contributed by atoms with E-state index >= 15 is 0 Å². The van der Waals surface area contributed by atoms with Crippen molar-refractivity contribution in [3.05, 3.63) is 17.8 Å². The minimum atomic E-state index is -0.667. The average Bonchev–Trinajstić information content (AvgIpc) is 2.57. The maximum Gasteiger partial charge on any atom is 0.496 e. The molecule has 6 heteroatoms. The van der Waals surface area contributed by atoms with Gasteiger partial charge in [0.1, 0.15) is 0 Å². The van der Waals surface area contributed by atoms with Crippen molar-refractivity contribution in [1.29, 1.82) is 0 Å². The van der Waals surface area contributed by atoms with Crippen molar-refractivity contribution in [1.82, 2.24) is 4.98 Å². The summed E-state index contributed by atoms with van der Waals surface area (Å²) in [6, 6.07) is 1.82. The standard InChI is InChI=1S/C14H22BNO4/c1-9(17)11-7-10(8-16-12(11)18-6)15-19-13(2,3)14(4,5)20-15/h7-9,17H,1-6H3. The van der Waals surface area contributed by atoms with Crippen LogP contribution in [0.1, 0.15) is 46.3 Å². The highest BCUT2D eigenvalue weighted by atomic mass is 16.7. The van der Waals surface area contributed by atoms with Gasteiger partial charge in [-0.25, -0.2) is 4.98 Å². The average molecular weight is 279 g/mol. The third-order valence-electron chi connectivity index (χ3n) is 4.07. The Hall–Kier alpha value is -1.11. The van der Waals surface area contributed by atoms with E-state index in [4.69, 9.17) is 14.0 Å². The molecule has 0 spiro atoms. The monoisotopic (exact) mass is 279 g/mol. The lowest BCUT2D eigenvalue weighted by Crippen LogP contribution is -2.41. The fourth-order valence-electron chi connectivity index (χ4n) is 2.06. The van der Waals surface area contributed by atoms with Crippen LogP contribution in [0.2, 0.25) is 0 Å².